The van der Waals surface area contributed by atoms with Crippen molar-refractivity contribution in [1.82, 2.24) is 5.16 Å². The highest BCUT2D eigenvalue weighted by molar-refractivity contribution is 7.17. The lowest BCUT2D eigenvalue weighted by Gasteiger charge is -2.12. The number of carbonyl (C=O) groups excluding carboxylic acids is 2. The molecule has 0 unspecified atom stereocenters. The summed E-state index contributed by atoms with van der Waals surface area (Å²) in [6.45, 7) is 3.72. The van der Waals surface area contributed by atoms with Crippen molar-refractivity contribution < 1.29 is 18.8 Å². The number of ether oxygens (including phenoxy) is 1. The summed E-state index contributed by atoms with van der Waals surface area (Å²) >= 11 is 7.75. The molecule has 1 N–H and O–H groups in total. The molecule has 1 aliphatic rings. The highest BCUT2D eigenvalue weighted by Gasteiger charge is 2.29. The van der Waals surface area contributed by atoms with E-state index in [2.05, 4.69) is 10.5 Å². The van der Waals surface area contributed by atoms with Gasteiger partial charge in [-0.15, -0.1) is 11.3 Å². The van der Waals surface area contributed by atoms with Gasteiger partial charge in [-0.3, -0.25) is 4.79 Å². The van der Waals surface area contributed by atoms with Gasteiger partial charge in [0, 0.05) is 10.4 Å². The van der Waals surface area contributed by atoms with E-state index in [4.69, 9.17) is 20.9 Å². The smallest absolute Gasteiger partial charge is 0.341 e. The van der Waals surface area contributed by atoms with Gasteiger partial charge >= 0.3 is 5.97 Å². The number of thiophene rings is 1. The molecule has 1 aromatic carbocycles. The van der Waals surface area contributed by atoms with Gasteiger partial charge in [-0.05, 0) is 51.2 Å². The van der Waals surface area contributed by atoms with E-state index in [-0.39, 0.29) is 6.61 Å². The number of rotatable bonds is 5. The zero-order valence-corrected chi connectivity index (χ0v) is 18.3. The topological polar surface area (TPSA) is 81.4 Å². The van der Waals surface area contributed by atoms with Crippen LogP contribution in [0.3, 0.4) is 0 Å². The van der Waals surface area contributed by atoms with Crippen molar-refractivity contribution in [2.24, 2.45) is 0 Å². The van der Waals surface area contributed by atoms with E-state index in [0.717, 1.165) is 36.1 Å². The summed E-state index contributed by atoms with van der Waals surface area (Å²) in [6, 6.07) is 7.14. The van der Waals surface area contributed by atoms with E-state index in [1.165, 1.54) is 11.3 Å². The van der Waals surface area contributed by atoms with Crippen molar-refractivity contribution in [1.29, 1.82) is 0 Å². The second-order valence-corrected chi connectivity index (χ2v) is 8.54. The Morgan fingerprint density at radius 2 is 2.00 bits per heavy atom. The van der Waals surface area contributed by atoms with Gasteiger partial charge in [0.05, 0.1) is 17.2 Å². The number of amides is 1. The van der Waals surface area contributed by atoms with Crippen LogP contribution in [0.25, 0.3) is 11.3 Å². The van der Waals surface area contributed by atoms with Gasteiger partial charge in [-0.2, -0.15) is 0 Å². The number of benzene rings is 1. The monoisotopic (exact) mass is 444 g/mol. The van der Waals surface area contributed by atoms with Gasteiger partial charge in [0.1, 0.15) is 22.0 Å². The summed E-state index contributed by atoms with van der Waals surface area (Å²) in [7, 11) is 0. The molecule has 0 bridgehead atoms. The van der Waals surface area contributed by atoms with E-state index in [1.807, 2.05) is 6.07 Å². The lowest BCUT2D eigenvalue weighted by Crippen LogP contribution is -2.16. The molecule has 0 aliphatic heterocycles. The second-order valence-electron chi connectivity index (χ2n) is 7.03. The van der Waals surface area contributed by atoms with E-state index < -0.39 is 11.9 Å². The molecule has 1 amide bonds. The normalized spacial score (nSPS) is 13.0. The van der Waals surface area contributed by atoms with Crippen LogP contribution in [0.2, 0.25) is 5.02 Å². The minimum atomic E-state index is -0.402. The average molecular weight is 445 g/mol. The summed E-state index contributed by atoms with van der Waals surface area (Å²) in [5.41, 5.74) is 2.74. The van der Waals surface area contributed by atoms with E-state index in [0.29, 0.717) is 38.2 Å². The third-order valence-electron chi connectivity index (χ3n) is 5.10. The summed E-state index contributed by atoms with van der Waals surface area (Å²) in [5, 5.41) is 7.95. The first kappa shape index (κ1) is 20.6. The third kappa shape index (κ3) is 3.75. The predicted molar refractivity (Wildman–Crippen MR) is 117 cm³/mol. The number of fused-ring (bicyclic) bond motifs is 1. The van der Waals surface area contributed by atoms with Crippen molar-refractivity contribution in [3.8, 4) is 11.3 Å². The van der Waals surface area contributed by atoms with E-state index >= 15 is 0 Å². The largest absolute Gasteiger partial charge is 0.462 e. The predicted octanol–water partition coefficient (Wildman–Crippen LogP) is 5.67. The molecular weight excluding hydrogens is 424 g/mol. The number of nitrogens with zero attached hydrogens (tertiary/aromatic N) is 1. The molecule has 0 saturated heterocycles. The third-order valence-corrected chi connectivity index (χ3v) is 6.63. The maximum atomic E-state index is 13.2. The summed E-state index contributed by atoms with van der Waals surface area (Å²) < 4.78 is 10.6. The second kappa shape index (κ2) is 8.62. The standard InChI is InChI=1S/C22H21ClN2O4S/c1-3-28-22(27)18-14-9-5-7-11-16(14)30-21(18)24-20(26)17-12(2)29-25-19(17)13-8-4-6-10-15(13)23/h4,6,8,10H,3,5,7,9,11H2,1-2H3,(H,24,26). The lowest BCUT2D eigenvalue weighted by molar-refractivity contribution is 0.0526. The van der Waals surface area contributed by atoms with Gasteiger partial charge < -0.3 is 14.6 Å². The molecule has 8 heteroatoms. The Labute approximate surface area is 183 Å². The van der Waals surface area contributed by atoms with Crippen molar-refractivity contribution in [3.05, 3.63) is 56.6 Å². The number of carbonyl (C=O) groups is 2. The number of esters is 1. The SMILES string of the molecule is CCOC(=O)c1c(NC(=O)c2c(-c3ccccc3Cl)noc2C)sc2c1CCCC2. The van der Waals surface area contributed by atoms with Gasteiger partial charge in [-0.1, -0.05) is 35.0 Å². The molecule has 1 aliphatic carbocycles. The maximum absolute atomic E-state index is 13.2. The van der Waals surface area contributed by atoms with Crippen LogP contribution in [0.4, 0.5) is 5.00 Å². The fourth-order valence-electron chi connectivity index (χ4n) is 3.72. The molecule has 4 rings (SSSR count). The Bertz CT molecular complexity index is 1120. The summed E-state index contributed by atoms with van der Waals surface area (Å²) in [5.74, 6) is -0.421. The average Bonchev–Trinajstić information content (AvgIpc) is 3.28. The van der Waals surface area contributed by atoms with Crippen LogP contribution < -0.4 is 5.32 Å². The zero-order chi connectivity index (χ0) is 21.3. The zero-order valence-electron chi connectivity index (χ0n) is 16.7. The van der Waals surface area contributed by atoms with Crippen molar-refractivity contribution in [2.45, 2.75) is 39.5 Å². The van der Waals surface area contributed by atoms with Crippen LogP contribution in [-0.2, 0) is 17.6 Å². The molecule has 30 heavy (non-hydrogen) atoms. The molecule has 6 nitrogen and oxygen atoms in total. The molecule has 156 valence electrons. The molecular formula is C22H21ClN2O4S. The van der Waals surface area contributed by atoms with Crippen molar-refractivity contribution in [3.63, 3.8) is 0 Å². The minimum Gasteiger partial charge on any atom is -0.462 e. The van der Waals surface area contributed by atoms with Crippen LogP contribution in [0.5, 0.6) is 0 Å². The van der Waals surface area contributed by atoms with Crippen molar-refractivity contribution >= 4 is 39.8 Å². The Balaban J connectivity index is 1.72. The van der Waals surface area contributed by atoms with Crippen LogP contribution in [0.15, 0.2) is 28.8 Å². The fourth-order valence-corrected chi connectivity index (χ4v) is 5.21. The number of anilines is 1. The Morgan fingerprint density at radius 1 is 1.23 bits per heavy atom. The number of aromatic nitrogens is 1. The maximum Gasteiger partial charge on any atom is 0.341 e. The van der Waals surface area contributed by atoms with Crippen LogP contribution in [0, 0.1) is 6.92 Å². The Kier molecular flexibility index (Phi) is 5.92. The van der Waals surface area contributed by atoms with Crippen molar-refractivity contribution in [2.75, 3.05) is 11.9 Å². The van der Waals surface area contributed by atoms with Gasteiger partial charge in [0.15, 0.2) is 0 Å². The number of nitrogens with one attached hydrogen (secondary N) is 1. The molecule has 0 saturated carbocycles. The highest BCUT2D eigenvalue weighted by atomic mass is 35.5. The molecule has 0 spiro atoms. The minimum absolute atomic E-state index is 0.276. The Morgan fingerprint density at radius 3 is 2.77 bits per heavy atom. The molecule has 2 aromatic heterocycles. The molecule has 0 radical (unpaired) electrons. The number of hydrogen-bond acceptors (Lipinski definition) is 6. The summed E-state index contributed by atoms with van der Waals surface area (Å²) in [4.78, 5) is 27.0. The quantitative estimate of drug-likeness (QED) is 0.512. The van der Waals surface area contributed by atoms with Gasteiger partial charge in [0.2, 0.25) is 0 Å². The molecule has 3 aromatic rings. The fraction of sp³-hybridized carbons (Fsp3) is 0.318. The first-order valence-corrected chi connectivity index (χ1v) is 11.0. The Hall–Kier alpha value is -2.64. The number of hydrogen-bond donors (Lipinski definition) is 1. The van der Waals surface area contributed by atoms with Gasteiger partial charge in [-0.25, -0.2) is 4.79 Å². The first-order valence-electron chi connectivity index (χ1n) is 9.85. The number of halogens is 1. The molecule has 0 fully saturated rings. The highest BCUT2D eigenvalue weighted by Crippen LogP contribution is 2.39. The molecule has 0 atom stereocenters. The number of aryl methyl sites for hydroxylation is 2. The first-order chi connectivity index (χ1) is 14.5. The van der Waals surface area contributed by atoms with Gasteiger partial charge in [0.25, 0.3) is 5.91 Å². The lowest BCUT2D eigenvalue weighted by atomic mass is 9.95. The van der Waals surface area contributed by atoms with Crippen LogP contribution >= 0.6 is 22.9 Å². The van der Waals surface area contributed by atoms with Crippen LogP contribution in [0.1, 0.15) is 56.7 Å². The summed E-state index contributed by atoms with van der Waals surface area (Å²) in [6.07, 6.45) is 3.81. The van der Waals surface area contributed by atoms with E-state index in [9.17, 15) is 9.59 Å². The van der Waals surface area contributed by atoms with E-state index in [1.54, 1.807) is 32.0 Å². The van der Waals surface area contributed by atoms with Crippen LogP contribution in [-0.4, -0.2) is 23.6 Å². The molecule has 2 heterocycles.